The summed E-state index contributed by atoms with van der Waals surface area (Å²) in [7, 11) is -2.08. The van der Waals surface area contributed by atoms with Crippen molar-refractivity contribution in [2.75, 3.05) is 33.3 Å². The Morgan fingerprint density at radius 3 is 2.28 bits per heavy atom. The minimum Gasteiger partial charge on any atom is -0.497 e. The molecule has 0 bridgehead atoms. The van der Waals surface area contributed by atoms with Crippen molar-refractivity contribution in [2.45, 2.75) is 18.2 Å². The zero-order valence-electron chi connectivity index (χ0n) is 18.0. The first kappa shape index (κ1) is 22.4. The third-order valence-corrected chi connectivity index (χ3v) is 8.36. The molecule has 0 spiro atoms. The molecule has 0 saturated carbocycles. The van der Waals surface area contributed by atoms with Crippen LogP contribution in [0.4, 0.5) is 0 Å². The first-order chi connectivity index (χ1) is 15.4. The third-order valence-electron chi connectivity index (χ3n) is 5.56. The summed E-state index contributed by atoms with van der Waals surface area (Å²) in [6, 6.07) is 14.5. The van der Waals surface area contributed by atoms with E-state index in [1.807, 2.05) is 12.1 Å². The second kappa shape index (κ2) is 9.40. The molecular formula is C23H25N3O4S2. The number of sulfonamides is 1. The lowest BCUT2D eigenvalue weighted by atomic mass is 10.1. The van der Waals surface area contributed by atoms with Crippen LogP contribution in [0.5, 0.6) is 5.75 Å². The molecule has 0 N–H and O–H groups in total. The van der Waals surface area contributed by atoms with Crippen molar-refractivity contribution in [3.05, 3.63) is 65.2 Å². The van der Waals surface area contributed by atoms with Crippen LogP contribution in [0.25, 0.3) is 10.6 Å². The molecule has 32 heavy (non-hydrogen) atoms. The number of methoxy groups -OCH3 is 1. The number of carbonyl (C=O) groups excluding carboxylic acids is 1. The van der Waals surface area contributed by atoms with Gasteiger partial charge in [0.05, 0.1) is 12.0 Å². The number of carbonyl (C=O) groups is 1. The average Bonchev–Trinajstić information content (AvgIpc) is 3.34. The van der Waals surface area contributed by atoms with Gasteiger partial charge in [-0.25, -0.2) is 13.4 Å². The van der Waals surface area contributed by atoms with E-state index in [4.69, 9.17) is 4.74 Å². The zero-order chi connectivity index (χ0) is 22.7. The maximum Gasteiger partial charge on any atom is 0.273 e. The van der Waals surface area contributed by atoms with Gasteiger partial charge in [0.25, 0.3) is 5.91 Å². The van der Waals surface area contributed by atoms with Gasteiger partial charge in [0.2, 0.25) is 10.0 Å². The smallest absolute Gasteiger partial charge is 0.273 e. The summed E-state index contributed by atoms with van der Waals surface area (Å²) >= 11 is 1.44. The van der Waals surface area contributed by atoms with Gasteiger partial charge in [-0.15, -0.1) is 11.3 Å². The van der Waals surface area contributed by atoms with Gasteiger partial charge in [-0.05, 0) is 36.2 Å². The Hall–Kier alpha value is -2.75. The van der Waals surface area contributed by atoms with Crippen molar-refractivity contribution < 1.29 is 17.9 Å². The van der Waals surface area contributed by atoms with Crippen molar-refractivity contribution in [1.82, 2.24) is 14.2 Å². The van der Waals surface area contributed by atoms with E-state index in [0.717, 1.165) is 17.0 Å². The third kappa shape index (κ3) is 4.55. The highest BCUT2D eigenvalue weighted by Gasteiger charge is 2.31. The van der Waals surface area contributed by atoms with Crippen LogP contribution in [0.2, 0.25) is 0 Å². The summed E-state index contributed by atoms with van der Waals surface area (Å²) in [4.78, 5) is 19.3. The quantitative estimate of drug-likeness (QED) is 0.550. The summed E-state index contributed by atoms with van der Waals surface area (Å²) in [6.07, 6.45) is 0.974. The Morgan fingerprint density at radius 1 is 1.03 bits per heavy atom. The van der Waals surface area contributed by atoms with Gasteiger partial charge >= 0.3 is 0 Å². The molecule has 1 aliphatic rings. The van der Waals surface area contributed by atoms with E-state index in [-0.39, 0.29) is 23.9 Å². The number of amides is 1. The molecule has 1 fully saturated rings. The lowest BCUT2D eigenvalue weighted by molar-refractivity contribution is 0.0693. The molecule has 9 heteroatoms. The normalized spacial score (nSPS) is 15.0. The number of thiazole rings is 1. The fourth-order valence-electron chi connectivity index (χ4n) is 3.58. The first-order valence-corrected chi connectivity index (χ1v) is 12.7. The van der Waals surface area contributed by atoms with Crippen molar-refractivity contribution in [2.24, 2.45) is 0 Å². The van der Waals surface area contributed by atoms with Crippen molar-refractivity contribution in [1.29, 1.82) is 0 Å². The van der Waals surface area contributed by atoms with Gasteiger partial charge in [0.1, 0.15) is 16.5 Å². The molecular weight excluding hydrogens is 446 g/mol. The Kier molecular flexibility index (Phi) is 6.59. The lowest BCUT2D eigenvalue weighted by Crippen LogP contribution is -2.50. The van der Waals surface area contributed by atoms with Gasteiger partial charge in [-0.2, -0.15) is 4.31 Å². The molecule has 168 valence electrons. The molecule has 0 unspecified atom stereocenters. The zero-order valence-corrected chi connectivity index (χ0v) is 19.7. The van der Waals surface area contributed by atoms with Crippen LogP contribution in [0, 0.1) is 0 Å². The predicted molar refractivity (Wildman–Crippen MR) is 125 cm³/mol. The van der Waals surface area contributed by atoms with Crippen molar-refractivity contribution >= 4 is 27.3 Å². The number of rotatable bonds is 6. The van der Waals surface area contributed by atoms with Crippen LogP contribution in [-0.4, -0.2) is 61.8 Å². The van der Waals surface area contributed by atoms with Crippen LogP contribution in [-0.2, 0) is 16.4 Å². The molecule has 2 heterocycles. The first-order valence-electron chi connectivity index (χ1n) is 10.4. The molecule has 1 amide bonds. The van der Waals surface area contributed by atoms with Crippen LogP contribution in [0.1, 0.15) is 23.0 Å². The standard InChI is InChI=1S/C23H25N3O4S2/c1-3-17-4-6-18(7-5-17)22-24-21(16-31-22)23(27)25-12-14-26(15-13-25)32(28,29)20-10-8-19(30-2)9-11-20/h4-11,16H,3,12-15H2,1-2H3. The second-order valence-electron chi connectivity index (χ2n) is 7.46. The number of piperazine rings is 1. The van der Waals surface area contributed by atoms with Crippen LogP contribution in [0.3, 0.4) is 0 Å². The number of ether oxygens (including phenoxy) is 1. The summed E-state index contributed by atoms with van der Waals surface area (Å²) in [5, 5.41) is 2.57. The fourth-order valence-corrected chi connectivity index (χ4v) is 5.80. The molecule has 1 aromatic heterocycles. The summed E-state index contributed by atoms with van der Waals surface area (Å²) in [5.41, 5.74) is 2.64. The number of hydrogen-bond donors (Lipinski definition) is 0. The maximum atomic E-state index is 12.9. The monoisotopic (exact) mass is 471 g/mol. The lowest BCUT2D eigenvalue weighted by Gasteiger charge is -2.33. The van der Waals surface area contributed by atoms with Crippen LogP contribution < -0.4 is 4.74 Å². The topological polar surface area (TPSA) is 79.8 Å². The van der Waals surface area contributed by atoms with Gasteiger partial charge in [-0.3, -0.25) is 4.79 Å². The van der Waals surface area contributed by atoms with Gasteiger partial charge in [0, 0.05) is 37.1 Å². The molecule has 0 radical (unpaired) electrons. The SMILES string of the molecule is CCc1ccc(-c2nc(C(=O)N3CCN(S(=O)(=O)c4ccc(OC)cc4)CC3)cs2)cc1. The minimum absolute atomic E-state index is 0.167. The Labute approximate surface area is 192 Å². The van der Waals surface area contributed by atoms with E-state index in [0.29, 0.717) is 24.5 Å². The second-order valence-corrected chi connectivity index (χ2v) is 10.3. The van der Waals surface area contributed by atoms with E-state index in [9.17, 15) is 13.2 Å². The minimum atomic E-state index is -3.61. The molecule has 2 aromatic carbocycles. The highest BCUT2D eigenvalue weighted by molar-refractivity contribution is 7.89. The number of aromatic nitrogens is 1. The molecule has 4 rings (SSSR count). The number of aryl methyl sites for hydroxylation is 1. The molecule has 1 aliphatic heterocycles. The summed E-state index contributed by atoms with van der Waals surface area (Å²) < 4.78 is 32.3. The van der Waals surface area contributed by atoms with Crippen LogP contribution >= 0.6 is 11.3 Å². The van der Waals surface area contributed by atoms with E-state index < -0.39 is 10.0 Å². The van der Waals surface area contributed by atoms with Crippen molar-refractivity contribution in [3.8, 4) is 16.3 Å². The van der Waals surface area contributed by atoms with E-state index >= 15 is 0 Å². The summed E-state index contributed by atoms with van der Waals surface area (Å²) in [6.45, 7) is 3.25. The van der Waals surface area contributed by atoms with Crippen molar-refractivity contribution in [3.63, 3.8) is 0 Å². The van der Waals surface area contributed by atoms with E-state index in [2.05, 4.69) is 24.0 Å². The fraction of sp³-hybridized carbons (Fsp3) is 0.304. The van der Waals surface area contributed by atoms with Crippen LogP contribution in [0.15, 0.2) is 58.8 Å². The molecule has 7 nitrogen and oxygen atoms in total. The highest BCUT2D eigenvalue weighted by atomic mass is 32.2. The highest BCUT2D eigenvalue weighted by Crippen LogP contribution is 2.26. The molecule has 1 saturated heterocycles. The van der Waals surface area contributed by atoms with Gasteiger partial charge in [-0.1, -0.05) is 31.2 Å². The Bertz CT molecular complexity index is 1180. The van der Waals surface area contributed by atoms with E-state index in [1.165, 1.54) is 40.4 Å². The van der Waals surface area contributed by atoms with Gasteiger partial charge < -0.3 is 9.64 Å². The molecule has 0 atom stereocenters. The Balaban J connectivity index is 1.40. The van der Waals surface area contributed by atoms with E-state index in [1.54, 1.807) is 22.4 Å². The molecule has 0 aliphatic carbocycles. The number of benzene rings is 2. The summed E-state index contributed by atoms with van der Waals surface area (Å²) in [5.74, 6) is 0.433. The average molecular weight is 472 g/mol. The molecule has 3 aromatic rings. The number of nitrogens with zero attached hydrogens (tertiary/aromatic N) is 3. The number of hydrogen-bond acceptors (Lipinski definition) is 6. The maximum absolute atomic E-state index is 12.9. The largest absolute Gasteiger partial charge is 0.497 e. The Morgan fingerprint density at radius 2 is 1.69 bits per heavy atom. The van der Waals surface area contributed by atoms with Gasteiger partial charge in [0.15, 0.2) is 0 Å². The predicted octanol–water partition coefficient (Wildman–Crippen LogP) is 3.53.